The summed E-state index contributed by atoms with van der Waals surface area (Å²) in [4.78, 5) is 38.9. The number of carbonyl (C=O) groups is 3. The second-order valence-corrected chi connectivity index (χ2v) is 6.41. The maximum absolute atomic E-state index is 12.4. The molecule has 4 amide bonds. The van der Waals surface area contributed by atoms with Crippen molar-refractivity contribution in [1.29, 1.82) is 0 Å². The van der Waals surface area contributed by atoms with Crippen LogP contribution in [0.1, 0.15) is 20.3 Å². The molecular weight excluding hydrogens is 336 g/mol. The topological polar surface area (TPSA) is 91.0 Å². The number of urea groups is 1. The maximum atomic E-state index is 12.4. The van der Waals surface area contributed by atoms with E-state index < -0.39 is 0 Å². The van der Waals surface area contributed by atoms with Crippen LogP contribution in [0.4, 0.5) is 16.2 Å². The molecule has 8 nitrogen and oxygen atoms in total. The van der Waals surface area contributed by atoms with Crippen molar-refractivity contribution in [2.45, 2.75) is 20.3 Å². The van der Waals surface area contributed by atoms with Gasteiger partial charge in [-0.2, -0.15) is 0 Å². The van der Waals surface area contributed by atoms with Crippen molar-refractivity contribution in [2.75, 3.05) is 44.4 Å². The Morgan fingerprint density at radius 3 is 2.65 bits per heavy atom. The van der Waals surface area contributed by atoms with E-state index in [1.54, 1.807) is 35.0 Å². The second kappa shape index (κ2) is 8.55. The highest BCUT2D eigenvalue weighted by atomic mass is 16.5. The Kier molecular flexibility index (Phi) is 6.43. The van der Waals surface area contributed by atoms with E-state index in [1.807, 2.05) is 6.92 Å². The van der Waals surface area contributed by atoms with Crippen LogP contribution in [-0.2, 0) is 9.59 Å². The van der Waals surface area contributed by atoms with Gasteiger partial charge in [-0.3, -0.25) is 9.59 Å². The number of benzene rings is 1. The predicted molar refractivity (Wildman–Crippen MR) is 99.3 cm³/mol. The van der Waals surface area contributed by atoms with Crippen molar-refractivity contribution in [3.05, 3.63) is 18.2 Å². The molecule has 1 aliphatic heterocycles. The van der Waals surface area contributed by atoms with Gasteiger partial charge in [0.15, 0.2) is 0 Å². The van der Waals surface area contributed by atoms with E-state index >= 15 is 0 Å². The number of ether oxygens (including phenoxy) is 1. The SMILES string of the molecule is CCN1CC(CN(C)C(=O)Nc2ccc(OC)c(NC(C)=O)c2)CC1=O. The molecule has 0 aromatic heterocycles. The molecule has 1 heterocycles. The van der Waals surface area contributed by atoms with Crippen LogP contribution in [-0.4, -0.2) is 61.4 Å². The number of hydrogen-bond acceptors (Lipinski definition) is 4. The summed E-state index contributed by atoms with van der Waals surface area (Å²) in [5.74, 6) is 0.566. The van der Waals surface area contributed by atoms with Crippen molar-refractivity contribution in [3.63, 3.8) is 0 Å². The molecule has 1 fully saturated rings. The van der Waals surface area contributed by atoms with Crippen molar-refractivity contribution < 1.29 is 19.1 Å². The third-order valence-electron chi connectivity index (χ3n) is 4.32. The van der Waals surface area contributed by atoms with E-state index in [-0.39, 0.29) is 23.8 Å². The number of nitrogens with one attached hydrogen (secondary N) is 2. The fraction of sp³-hybridized carbons (Fsp3) is 0.500. The first-order valence-corrected chi connectivity index (χ1v) is 8.59. The Bertz CT molecular complexity index is 692. The number of likely N-dealkylation sites (tertiary alicyclic amines) is 1. The number of nitrogens with zero attached hydrogens (tertiary/aromatic N) is 2. The quantitative estimate of drug-likeness (QED) is 0.810. The van der Waals surface area contributed by atoms with Gasteiger partial charge in [0, 0.05) is 51.6 Å². The Morgan fingerprint density at radius 2 is 2.08 bits per heavy atom. The van der Waals surface area contributed by atoms with Gasteiger partial charge < -0.3 is 25.2 Å². The van der Waals surface area contributed by atoms with Gasteiger partial charge in [0.2, 0.25) is 11.8 Å². The van der Waals surface area contributed by atoms with Crippen molar-refractivity contribution >= 4 is 29.2 Å². The normalized spacial score (nSPS) is 16.4. The zero-order valence-corrected chi connectivity index (χ0v) is 15.7. The highest BCUT2D eigenvalue weighted by molar-refractivity contribution is 5.94. The zero-order chi connectivity index (χ0) is 19.3. The molecule has 1 aromatic carbocycles. The molecule has 1 aliphatic rings. The Balaban J connectivity index is 1.98. The maximum Gasteiger partial charge on any atom is 0.321 e. The first kappa shape index (κ1) is 19.6. The summed E-state index contributed by atoms with van der Waals surface area (Å²) in [6.45, 7) is 5.24. The summed E-state index contributed by atoms with van der Waals surface area (Å²) < 4.78 is 5.20. The van der Waals surface area contributed by atoms with E-state index in [9.17, 15) is 14.4 Å². The third-order valence-corrected chi connectivity index (χ3v) is 4.32. The molecule has 2 rings (SSSR count). The minimum atomic E-state index is -0.272. The number of amides is 4. The third kappa shape index (κ3) is 4.87. The summed E-state index contributed by atoms with van der Waals surface area (Å²) in [5, 5.41) is 5.47. The first-order valence-electron chi connectivity index (χ1n) is 8.59. The lowest BCUT2D eigenvalue weighted by molar-refractivity contribution is -0.127. The fourth-order valence-corrected chi connectivity index (χ4v) is 3.04. The predicted octanol–water partition coefficient (Wildman–Crippen LogP) is 1.99. The van der Waals surface area contributed by atoms with Crippen LogP contribution in [0.3, 0.4) is 0 Å². The second-order valence-electron chi connectivity index (χ2n) is 6.41. The first-order chi connectivity index (χ1) is 12.3. The molecule has 1 unspecified atom stereocenters. The van der Waals surface area contributed by atoms with Crippen LogP contribution in [0, 0.1) is 5.92 Å². The van der Waals surface area contributed by atoms with Gasteiger partial charge in [0.25, 0.3) is 0 Å². The standard InChI is InChI=1S/C18H26N4O4/c1-5-22-11-13(8-17(22)24)10-21(3)18(25)20-14-6-7-16(26-4)15(9-14)19-12(2)23/h6-7,9,13H,5,8,10-11H2,1-4H3,(H,19,23)(H,20,25). The van der Waals surface area contributed by atoms with Gasteiger partial charge in [0.05, 0.1) is 12.8 Å². The Labute approximate surface area is 153 Å². The van der Waals surface area contributed by atoms with Crippen LogP contribution in [0.15, 0.2) is 18.2 Å². The lowest BCUT2D eigenvalue weighted by Gasteiger charge is -2.22. The summed E-state index contributed by atoms with van der Waals surface area (Å²) in [7, 11) is 3.21. The molecule has 0 radical (unpaired) electrons. The molecule has 1 aromatic rings. The summed E-state index contributed by atoms with van der Waals surface area (Å²) in [6.07, 6.45) is 0.473. The zero-order valence-electron chi connectivity index (χ0n) is 15.7. The number of anilines is 2. The van der Waals surface area contributed by atoms with E-state index in [4.69, 9.17) is 4.74 Å². The van der Waals surface area contributed by atoms with Crippen LogP contribution >= 0.6 is 0 Å². The highest BCUT2D eigenvalue weighted by Gasteiger charge is 2.30. The number of carbonyl (C=O) groups excluding carboxylic acids is 3. The minimum Gasteiger partial charge on any atom is -0.495 e. The molecule has 1 saturated heterocycles. The molecule has 26 heavy (non-hydrogen) atoms. The smallest absolute Gasteiger partial charge is 0.321 e. The molecule has 0 bridgehead atoms. The molecule has 0 saturated carbocycles. The van der Waals surface area contributed by atoms with Gasteiger partial charge in [-0.1, -0.05) is 0 Å². The van der Waals surface area contributed by atoms with Crippen molar-refractivity contribution in [1.82, 2.24) is 9.80 Å². The van der Waals surface area contributed by atoms with Gasteiger partial charge in [-0.25, -0.2) is 4.79 Å². The van der Waals surface area contributed by atoms with E-state index in [2.05, 4.69) is 10.6 Å². The molecule has 142 valence electrons. The monoisotopic (exact) mass is 362 g/mol. The molecule has 8 heteroatoms. The number of hydrogen-bond donors (Lipinski definition) is 2. The van der Waals surface area contributed by atoms with Gasteiger partial charge in [0.1, 0.15) is 5.75 Å². The Hall–Kier alpha value is -2.77. The highest BCUT2D eigenvalue weighted by Crippen LogP contribution is 2.28. The van der Waals surface area contributed by atoms with Crippen LogP contribution in [0.5, 0.6) is 5.75 Å². The summed E-state index contributed by atoms with van der Waals surface area (Å²) in [5.41, 5.74) is 1.03. The molecular formula is C18H26N4O4. The largest absolute Gasteiger partial charge is 0.495 e. The Morgan fingerprint density at radius 1 is 1.35 bits per heavy atom. The molecule has 0 spiro atoms. The lowest BCUT2D eigenvalue weighted by atomic mass is 10.1. The van der Waals surface area contributed by atoms with E-state index in [0.717, 1.165) is 0 Å². The van der Waals surface area contributed by atoms with Gasteiger partial charge >= 0.3 is 6.03 Å². The lowest BCUT2D eigenvalue weighted by Crippen LogP contribution is -2.36. The van der Waals surface area contributed by atoms with Crippen LogP contribution < -0.4 is 15.4 Å². The van der Waals surface area contributed by atoms with E-state index in [0.29, 0.717) is 43.2 Å². The minimum absolute atomic E-state index is 0.140. The molecule has 2 N–H and O–H groups in total. The number of rotatable bonds is 6. The molecule has 0 aliphatic carbocycles. The van der Waals surface area contributed by atoms with Crippen LogP contribution in [0.25, 0.3) is 0 Å². The average molecular weight is 362 g/mol. The van der Waals surface area contributed by atoms with Gasteiger partial charge in [-0.15, -0.1) is 0 Å². The number of methoxy groups -OCH3 is 1. The van der Waals surface area contributed by atoms with Crippen LogP contribution in [0.2, 0.25) is 0 Å². The van der Waals surface area contributed by atoms with Gasteiger partial charge in [-0.05, 0) is 25.1 Å². The average Bonchev–Trinajstić information content (AvgIpc) is 2.94. The van der Waals surface area contributed by atoms with E-state index in [1.165, 1.54) is 14.0 Å². The summed E-state index contributed by atoms with van der Waals surface area (Å²) >= 11 is 0. The summed E-state index contributed by atoms with van der Waals surface area (Å²) in [6, 6.07) is 4.75. The molecule has 1 atom stereocenters. The van der Waals surface area contributed by atoms with Crippen molar-refractivity contribution in [3.8, 4) is 5.75 Å². The van der Waals surface area contributed by atoms with Crippen molar-refractivity contribution in [2.24, 2.45) is 5.92 Å². The fourth-order valence-electron chi connectivity index (χ4n) is 3.04.